The Morgan fingerprint density at radius 1 is 1.12 bits per heavy atom. The lowest BCUT2D eigenvalue weighted by Gasteiger charge is -2.10. The van der Waals surface area contributed by atoms with Gasteiger partial charge in [0.05, 0.1) is 4.47 Å². The van der Waals surface area contributed by atoms with Crippen molar-refractivity contribution in [2.24, 2.45) is 5.84 Å². The number of nitrogen functional groups attached to an aromatic ring is 1. The van der Waals surface area contributed by atoms with E-state index in [2.05, 4.69) is 26.7 Å². The second-order valence-electron chi connectivity index (χ2n) is 4.99. The summed E-state index contributed by atoms with van der Waals surface area (Å²) in [5.41, 5.74) is 3.60. The van der Waals surface area contributed by atoms with Crippen molar-refractivity contribution in [2.45, 2.75) is 6.42 Å². The number of ether oxygens (including phenoxy) is 1. The predicted molar refractivity (Wildman–Crippen MR) is 94.4 cm³/mol. The maximum atomic E-state index is 11.8. The molecule has 7 heteroatoms. The quantitative estimate of drug-likeness (QED) is 0.381. The summed E-state index contributed by atoms with van der Waals surface area (Å²) >= 11 is 3.30. The van der Waals surface area contributed by atoms with Crippen LogP contribution in [0.15, 0.2) is 53.0 Å². The summed E-state index contributed by atoms with van der Waals surface area (Å²) in [6.45, 7) is 0.443. The number of rotatable bonds is 7. The van der Waals surface area contributed by atoms with Gasteiger partial charge in [-0.1, -0.05) is 30.3 Å². The molecule has 0 spiro atoms. The summed E-state index contributed by atoms with van der Waals surface area (Å²) in [7, 11) is 0. The van der Waals surface area contributed by atoms with Gasteiger partial charge in [0.2, 0.25) is 0 Å². The molecule has 0 saturated heterocycles. The molecule has 126 valence electrons. The number of nitrogens with two attached hydrogens (primary N) is 1. The van der Waals surface area contributed by atoms with Gasteiger partial charge in [0.25, 0.3) is 11.8 Å². The molecule has 0 heterocycles. The number of halogens is 1. The van der Waals surface area contributed by atoms with Crippen molar-refractivity contribution in [2.75, 3.05) is 13.2 Å². The summed E-state index contributed by atoms with van der Waals surface area (Å²) in [5, 5.41) is 2.80. The molecule has 0 bridgehead atoms. The van der Waals surface area contributed by atoms with Crippen molar-refractivity contribution >= 4 is 27.7 Å². The molecule has 2 aromatic carbocycles. The maximum Gasteiger partial charge on any atom is 0.265 e. The number of hydrogen-bond donors (Lipinski definition) is 3. The van der Waals surface area contributed by atoms with Crippen LogP contribution >= 0.6 is 15.9 Å². The first kappa shape index (κ1) is 18.0. The molecule has 0 aromatic heterocycles. The van der Waals surface area contributed by atoms with Gasteiger partial charge in [0, 0.05) is 12.1 Å². The highest BCUT2D eigenvalue weighted by Crippen LogP contribution is 2.25. The Labute approximate surface area is 148 Å². The van der Waals surface area contributed by atoms with Crippen LogP contribution in [0.25, 0.3) is 0 Å². The lowest BCUT2D eigenvalue weighted by atomic mass is 10.1. The van der Waals surface area contributed by atoms with Crippen LogP contribution in [0, 0.1) is 0 Å². The zero-order valence-corrected chi connectivity index (χ0v) is 14.5. The van der Waals surface area contributed by atoms with Gasteiger partial charge in [-0.15, -0.1) is 0 Å². The third-order valence-electron chi connectivity index (χ3n) is 3.26. The number of hydrogen-bond acceptors (Lipinski definition) is 4. The first-order valence-electron chi connectivity index (χ1n) is 7.34. The SMILES string of the molecule is NNC(=O)c1ccc(OCC(=O)NCCc2ccccc2)c(Br)c1. The van der Waals surface area contributed by atoms with Crippen molar-refractivity contribution in [1.29, 1.82) is 0 Å². The first-order chi connectivity index (χ1) is 11.6. The van der Waals surface area contributed by atoms with E-state index in [1.165, 1.54) is 0 Å². The van der Waals surface area contributed by atoms with E-state index in [4.69, 9.17) is 10.6 Å². The molecule has 0 atom stereocenters. The van der Waals surface area contributed by atoms with Crippen molar-refractivity contribution in [3.63, 3.8) is 0 Å². The molecular formula is C17H18BrN3O3. The standard InChI is InChI=1S/C17H18BrN3O3/c18-14-10-13(17(23)21-19)6-7-15(14)24-11-16(22)20-9-8-12-4-2-1-3-5-12/h1-7,10H,8-9,11,19H2,(H,20,22)(H,21,23). The van der Waals surface area contributed by atoms with E-state index in [0.717, 1.165) is 12.0 Å². The van der Waals surface area contributed by atoms with Crippen molar-refractivity contribution in [3.05, 3.63) is 64.1 Å². The van der Waals surface area contributed by atoms with Crippen LogP contribution in [0.5, 0.6) is 5.75 Å². The fraction of sp³-hybridized carbons (Fsp3) is 0.176. The Kier molecular flexibility index (Phi) is 6.77. The van der Waals surface area contributed by atoms with E-state index in [0.29, 0.717) is 22.3 Å². The molecule has 2 amide bonds. The molecule has 0 aliphatic rings. The highest BCUT2D eigenvalue weighted by atomic mass is 79.9. The number of hydrazine groups is 1. The minimum Gasteiger partial charge on any atom is -0.483 e. The van der Waals surface area contributed by atoms with Gasteiger partial charge in [0.1, 0.15) is 5.75 Å². The van der Waals surface area contributed by atoms with Gasteiger partial charge in [-0.3, -0.25) is 15.0 Å². The van der Waals surface area contributed by atoms with E-state index in [1.807, 2.05) is 30.3 Å². The third-order valence-corrected chi connectivity index (χ3v) is 3.88. The molecule has 2 rings (SSSR count). The largest absolute Gasteiger partial charge is 0.483 e. The second-order valence-corrected chi connectivity index (χ2v) is 5.85. The average molecular weight is 392 g/mol. The van der Waals surface area contributed by atoms with E-state index in [9.17, 15) is 9.59 Å². The van der Waals surface area contributed by atoms with Gasteiger partial charge in [0.15, 0.2) is 6.61 Å². The van der Waals surface area contributed by atoms with Crippen LogP contribution in [0.3, 0.4) is 0 Å². The minimum atomic E-state index is -0.402. The molecule has 0 radical (unpaired) electrons. The van der Waals surface area contributed by atoms with Crippen LogP contribution in [0.2, 0.25) is 0 Å². The maximum absolute atomic E-state index is 11.8. The Morgan fingerprint density at radius 3 is 2.54 bits per heavy atom. The second kappa shape index (κ2) is 9.05. The van der Waals surface area contributed by atoms with Crippen LogP contribution in [0.1, 0.15) is 15.9 Å². The van der Waals surface area contributed by atoms with Crippen LogP contribution < -0.4 is 21.3 Å². The summed E-state index contributed by atoms with van der Waals surface area (Å²) in [5.74, 6) is 4.95. The van der Waals surface area contributed by atoms with Crippen LogP contribution in [-0.2, 0) is 11.2 Å². The fourth-order valence-corrected chi connectivity index (χ4v) is 2.52. The number of carbonyl (C=O) groups excluding carboxylic acids is 2. The minimum absolute atomic E-state index is 0.101. The van der Waals surface area contributed by atoms with Crippen molar-refractivity contribution in [1.82, 2.24) is 10.7 Å². The molecule has 2 aromatic rings. The summed E-state index contributed by atoms with van der Waals surface area (Å²) in [6, 6.07) is 14.7. The molecule has 6 nitrogen and oxygen atoms in total. The number of amides is 2. The smallest absolute Gasteiger partial charge is 0.265 e. The fourth-order valence-electron chi connectivity index (χ4n) is 2.03. The zero-order chi connectivity index (χ0) is 17.4. The van der Waals surface area contributed by atoms with Gasteiger partial charge in [-0.2, -0.15) is 0 Å². The number of benzene rings is 2. The number of nitrogens with one attached hydrogen (secondary N) is 2. The van der Waals surface area contributed by atoms with Gasteiger partial charge < -0.3 is 10.1 Å². The lowest BCUT2D eigenvalue weighted by Crippen LogP contribution is -2.31. The van der Waals surface area contributed by atoms with Crippen molar-refractivity contribution < 1.29 is 14.3 Å². The van der Waals surface area contributed by atoms with E-state index >= 15 is 0 Å². The monoisotopic (exact) mass is 391 g/mol. The molecule has 4 N–H and O–H groups in total. The summed E-state index contributed by atoms with van der Waals surface area (Å²) < 4.78 is 6.02. The Balaban J connectivity index is 1.78. The molecule has 0 fully saturated rings. The van der Waals surface area contributed by atoms with E-state index < -0.39 is 5.91 Å². The summed E-state index contributed by atoms with van der Waals surface area (Å²) in [6.07, 6.45) is 0.763. The third kappa shape index (κ3) is 5.36. The van der Waals surface area contributed by atoms with Crippen LogP contribution in [-0.4, -0.2) is 25.0 Å². The van der Waals surface area contributed by atoms with Gasteiger partial charge >= 0.3 is 0 Å². The zero-order valence-electron chi connectivity index (χ0n) is 12.9. The first-order valence-corrected chi connectivity index (χ1v) is 8.13. The normalized spacial score (nSPS) is 10.1. The molecule has 0 saturated carbocycles. The molecule has 0 aliphatic carbocycles. The highest BCUT2D eigenvalue weighted by molar-refractivity contribution is 9.10. The summed E-state index contributed by atoms with van der Waals surface area (Å²) in [4.78, 5) is 23.2. The predicted octanol–water partition coefficient (Wildman–Crippen LogP) is 1.79. The van der Waals surface area contributed by atoms with E-state index in [-0.39, 0.29) is 12.5 Å². The van der Waals surface area contributed by atoms with Crippen LogP contribution in [0.4, 0.5) is 0 Å². The Hall–Kier alpha value is -2.38. The van der Waals surface area contributed by atoms with Gasteiger partial charge in [-0.05, 0) is 46.1 Å². The topological polar surface area (TPSA) is 93.4 Å². The average Bonchev–Trinajstić information content (AvgIpc) is 2.61. The van der Waals surface area contributed by atoms with Gasteiger partial charge in [-0.25, -0.2) is 5.84 Å². The highest BCUT2D eigenvalue weighted by Gasteiger charge is 2.09. The molecular weight excluding hydrogens is 374 g/mol. The van der Waals surface area contributed by atoms with E-state index in [1.54, 1.807) is 18.2 Å². The lowest BCUT2D eigenvalue weighted by molar-refractivity contribution is -0.123. The Morgan fingerprint density at radius 2 is 1.88 bits per heavy atom. The van der Waals surface area contributed by atoms with Crippen molar-refractivity contribution in [3.8, 4) is 5.75 Å². The number of carbonyl (C=O) groups is 2. The Bertz CT molecular complexity index is 707. The molecule has 0 aliphatic heterocycles. The molecule has 0 unspecified atom stereocenters. The molecule has 24 heavy (non-hydrogen) atoms.